The van der Waals surface area contributed by atoms with Gasteiger partial charge >= 0.3 is 16.1 Å². The second-order valence-corrected chi connectivity index (χ2v) is 5.84. The number of hydrogen-bond acceptors (Lipinski definition) is 6. The Morgan fingerprint density at radius 1 is 1.41 bits per heavy atom. The topological polar surface area (TPSA) is 93.5 Å². The molecule has 98 valence electrons. The summed E-state index contributed by atoms with van der Waals surface area (Å²) in [5.41, 5.74) is 0. The second-order valence-electron chi connectivity index (χ2n) is 3.90. The molecule has 0 amide bonds. The van der Waals surface area contributed by atoms with Gasteiger partial charge in [-0.05, 0) is 13.3 Å². The Labute approximate surface area is 102 Å². The smallest absolute Gasteiger partial charge is 0.282 e. The van der Waals surface area contributed by atoms with Crippen LogP contribution >= 0.6 is 0 Å². The van der Waals surface area contributed by atoms with Crippen molar-refractivity contribution in [3.8, 4) is 6.07 Å². The molecule has 17 heavy (non-hydrogen) atoms. The van der Waals surface area contributed by atoms with Crippen molar-refractivity contribution >= 4 is 16.1 Å². The maximum Gasteiger partial charge on any atom is 0.340 e. The van der Waals surface area contributed by atoms with E-state index in [1.165, 1.54) is 6.92 Å². The van der Waals surface area contributed by atoms with Crippen LogP contribution in [0.15, 0.2) is 0 Å². The summed E-state index contributed by atoms with van der Waals surface area (Å²) >= 11 is 0. The van der Waals surface area contributed by atoms with Crippen molar-refractivity contribution in [2.45, 2.75) is 51.2 Å². The molecule has 7 heteroatoms. The fraction of sp³-hybridized carbons (Fsp3) is 0.800. The van der Waals surface area contributed by atoms with Crippen LogP contribution in [0.1, 0.15) is 46.5 Å². The number of unbranched alkanes of at least 4 members (excludes halogenated alkanes) is 2. The van der Waals surface area contributed by atoms with E-state index in [9.17, 15) is 13.2 Å². The molecular formula is C10H17NO5S. The van der Waals surface area contributed by atoms with E-state index in [4.69, 9.17) is 5.26 Å². The van der Waals surface area contributed by atoms with Crippen molar-refractivity contribution in [3.63, 3.8) is 0 Å². The summed E-state index contributed by atoms with van der Waals surface area (Å²) in [4.78, 5) is 14.5. The summed E-state index contributed by atoms with van der Waals surface area (Å²) in [6, 6.07) is 1.70. The van der Waals surface area contributed by atoms with Gasteiger partial charge in [0.25, 0.3) is 0 Å². The van der Waals surface area contributed by atoms with Crippen LogP contribution in [0.25, 0.3) is 0 Å². The fourth-order valence-electron chi connectivity index (χ4n) is 1.12. The van der Waals surface area contributed by atoms with E-state index < -0.39 is 20.8 Å². The molecule has 0 aliphatic carbocycles. The van der Waals surface area contributed by atoms with Crippen molar-refractivity contribution in [2.75, 3.05) is 0 Å². The first-order valence-corrected chi connectivity index (χ1v) is 6.72. The van der Waals surface area contributed by atoms with Crippen LogP contribution in [-0.4, -0.2) is 19.1 Å². The van der Waals surface area contributed by atoms with Gasteiger partial charge < -0.3 is 0 Å². The molecule has 0 saturated carbocycles. The van der Waals surface area contributed by atoms with Gasteiger partial charge in [-0.3, -0.25) is 4.89 Å². The van der Waals surface area contributed by atoms with Crippen molar-refractivity contribution in [2.24, 2.45) is 0 Å². The standard InChI is InChI=1S/C10H17NO5S/c1-4-5-6-7-10(3,8-11)17(13,14)16-15-9(2)12/h4-7H2,1-3H3. The summed E-state index contributed by atoms with van der Waals surface area (Å²) < 4.78 is 25.7. The molecule has 0 heterocycles. The Morgan fingerprint density at radius 2 is 2.00 bits per heavy atom. The predicted molar refractivity (Wildman–Crippen MR) is 59.9 cm³/mol. The monoisotopic (exact) mass is 263 g/mol. The summed E-state index contributed by atoms with van der Waals surface area (Å²) in [7, 11) is -4.25. The van der Waals surface area contributed by atoms with E-state index in [-0.39, 0.29) is 6.42 Å². The summed E-state index contributed by atoms with van der Waals surface area (Å²) in [5.74, 6) is -0.887. The number of hydrogen-bond donors (Lipinski definition) is 0. The van der Waals surface area contributed by atoms with Crippen LogP contribution in [0.3, 0.4) is 0 Å². The van der Waals surface area contributed by atoms with Crippen LogP contribution in [-0.2, 0) is 24.1 Å². The number of nitriles is 1. The van der Waals surface area contributed by atoms with Crippen molar-refractivity contribution < 1.29 is 22.4 Å². The average molecular weight is 263 g/mol. The largest absolute Gasteiger partial charge is 0.340 e. The molecule has 0 saturated heterocycles. The van der Waals surface area contributed by atoms with Gasteiger partial charge in [0.2, 0.25) is 0 Å². The SMILES string of the molecule is CCCCCC(C)(C#N)S(=O)(=O)OOC(C)=O. The van der Waals surface area contributed by atoms with E-state index in [0.717, 1.165) is 19.8 Å². The number of carbonyl (C=O) groups excluding carboxylic acids is 1. The third-order valence-corrected chi connectivity index (χ3v) is 3.93. The zero-order valence-electron chi connectivity index (χ0n) is 10.2. The van der Waals surface area contributed by atoms with Crippen LogP contribution in [0.5, 0.6) is 0 Å². The Bertz CT molecular complexity index is 397. The lowest BCUT2D eigenvalue weighted by atomic mass is 10.0. The Balaban J connectivity index is 4.72. The molecule has 1 atom stereocenters. The molecule has 0 N–H and O–H groups in total. The number of rotatable bonds is 7. The average Bonchev–Trinajstić information content (AvgIpc) is 2.26. The number of nitrogens with zero attached hydrogens (tertiary/aromatic N) is 1. The molecule has 0 aliphatic heterocycles. The minimum absolute atomic E-state index is 0.140. The molecule has 0 spiro atoms. The van der Waals surface area contributed by atoms with Crippen LogP contribution in [0.2, 0.25) is 0 Å². The van der Waals surface area contributed by atoms with E-state index in [1.807, 2.05) is 6.92 Å². The van der Waals surface area contributed by atoms with E-state index in [2.05, 4.69) is 9.22 Å². The van der Waals surface area contributed by atoms with E-state index in [1.54, 1.807) is 6.07 Å². The minimum Gasteiger partial charge on any atom is -0.282 e. The molecule has 0 aliphatic rings. The van der Waals surface area contributed by atoms with Gasteiger partial charge in [0, 0.05) is 6.92 Å². The molecule has 0 aromatic carbocycles. The quantitative estimate of drug-likeness (QED) is 0.394. The lowest BCUT2D eigenvalue weighted by Gasteiger charge is -2.19. The molecular weight excluding hydrogens is 246 g/mol. The Kier molecular flexibility index (Phi) is 6.13. The van der Waals surface area contributed by atoms with Gasteiger partial charge in [0.05, 0.1) is 6.07 Å². The normalized spacial score (nSPS) is 14.7. The maximum absolute atomic E-state index is 11.7. The Morgan fingerprint density at radius 3 is 2.41 bits per heavy atom. The first-order chi connectivity index (χ1) is 7.79. The lowest BCUT2D eigenvalue weighted by Crippen LogP contribution is -2.35. The van der Waals surface area contributed by atoms with Gasteiger partial charge in [-0.25, -0.2) is 4.79 Å². The van der Waals surface area contributed by atoms with E-state index in [0.29, 0.717) is 6.42 Å². The van der Waals surface area contributed by atoms with Gasteiger partial charge in [-0.15, -0.1) is 0 Å². The third-order valence-electron chi connectivity index (χ3n) is 2.29. The van der Waals surface area contributed by atoms with Crippen molar-refractivity contribution in [1.29, 1.82) is 5.26 Å². The molecule has 6 nitrogen and oxygen atoms in total. The summed E-state index contributed by atoms with van der Waals surface area (Å²) in [6.07, 6.45) is 2.46. The third kappa shape index (κ3) is 4.71. The van der Waals surface area contributed by atoms with Crippen molar-refractivity contribution in [3.05, 3.63) is 0 Å². The molecule has 1 unspecified atom stereocenters. The molecule has 0 radical (unpaired) electrons. The number of carbonyl (C=O) groups is 1. The molecule has 0 rings (SSSR count). The van der Waals surface area contributed by atoms with Crippen LogP contribution in [0.4, 0.5) is 0 Å². The molecule has 0 bridgehead atoms. The predicted octanol–water partition coefficient (Wildman–Crippen LogP) is 1.67. The first-order valence-electron chi connectivity index (χ1n) is 5.31. The molecule has 0 aromatic rings. The van der Waals surface area contributed by atoms with Gasteiger partial charge in [-0.1, -0.05) is 30.5 Å². The zero-order valence-corrected chi connectivity index (χ0v) is 11.0. The highest BCUT2D eigenvalue weighted by atomic mass is 32.2. The second kappa shape index (κ2) is 6.57. The minimum atomic E-state index is -4.25. The van der Waals surface area contributed by atoms with Gasteiger partial charge in [0.1, 0.15) is 0 Å². The van der Waals surface area contributed by atoms with E-state index >= 15 is 0 Å². The highest BCUT2D eigenvalue weighted by molar-refractivity contribution is 7.88. The van der Waals surface area contributed by atoms with Gasteiger partial charge in [0.15, 0.2) is 4.75 Å². The highest BCUT2D eigenvalue weighted by Crippen LogP contribution is 2.25. The first kappa shape index (κ1) is 15.9. The molecule has 0 aromatic heterocycles. The summed E-state index contributed by atoms with van der Waals surface area (Å²) in [6.45, 7) is 4.23. The van der Waals surface area contributed by atoms with Crippen molar-refractivity contribution in [1.82, 2.24) is 0 Å². The fourth-order valence-corrected chi connectivity index (χ4v) is 1.96. The molecule has 0 fully saturated rings. The lowest BCUT2D eigenvalue weighted by molar-refractivity contribution is -0.209. The Hall–Kier alpha value is -1.13. The summed E-state index contributed by atoms with van der Waals surface area (Å²) in [5, 5.41) is 8.94. The maximum atomic E-state index is 11.7. The van der Waals surface area contributed by atoms with Gasteiger partial charge in [-0.2, -0.15) is 13.7 Å². The van der Waals surface area contributed by atoms with Crippen LogP contribution in [0, 0.1) is 11.3 Å². The zero-order chi connectivity index (χ0) is 13.5. The van der Waals surface area contributed by atoms with Crippen LogP contribution < -0.4 is 0 Å². The highest BCUT2D eigenvalue weighted by Gasteiger charge is 2.42.